The number of amides is 1. The van der Waals surface area contributed by atoms with Crippen molar-refractivity contribution >= 4 is 18.3 Å². The number of nitrogens with two attached hydrogens (primary N) is 2. The van der Waals surface area contributed by atoms with E-state index in [4.69, 9.17) is 16.9 Å². The Morgan fingerprint density at radius 3 is 2.56 bits per heavy atom. The van der Waals surface area contributed by atoms with Crippen LogP contribution in [0, 0.1) is 5.41 Å². The van der Waals surface area contributed by atoms with Crippen LogP contribution in [-0.2, 0) is 4.79 Å². The summed E-state index contributed by atoms with van der Waals surface area (Å²) in [6.07, 6.45) is 0.314. The summed E-state index contributed by atoms with van der Waals surface area (Å²) in [5.74, 6) is -0.626. The summed E-state index contributed by atoms with van der Waals surface area (Å²) in [6.45, 7) is 0. The topological polar surface area (TPSA) is 117 Å². The number of nitrogens with zero attached hydrogens (tertiary/aromatic N) is 1. The first-order valence-corrected chi connectivity index (χ1v) is 2.05. The Labute approximate surface area is 51.4 Å². The van der Waals surface area contributed by atoms with E-state index in [1.54, 1.807) is 0 Å². The van der Waals surface area contributed by atoms with Crippen molar-refractivity contribution in [3.8, 4) is 0 Å². The molecule has 0 saturated heterocycles. The Morgan fingerprint density at radius 2 is 2.22 bits per heavy atom. The van der Waals surface area contributed by atoms with E-state index in [-0.39, 0.29) is 11.9 Å². The molecule has 9 heavy (non-hydrogen) atoms. The highest BCUT2D eigenvalue weighted by molar-refractivity contribution is 5.95. The molecule has 6 N–H and O–H groups in total. The second-order valence-electron chi connectivity index (χ2n) is 1.15. The highest BCUT2D eigenvalue weighted by atomic mass is 16.1. The third kappa shape index (κ3) is 4.26. The van der Waals surface area contributed by atoms with Crippen molar-refractivity contribution in [2.75, 3.05) is 0 Å². The van der Waals surface area contributed by atoms with Crippen LogP contribution in [0.25, 0.3) is 0 Å². The molecule has 0 unspecified atom stereocenters. The van der Waals surface area contributed by atoms with Gasteiger partial charge in [-0.1, -0.05) is 0 Å². The van der Waals surface area contributed by atoms with E-state index in [0.29, 0.717) is 6.41 Å². The van der Waals surface area contributed by atoms with Crippen LogP contribution in [0.5, 0.6) is 0 Å². The summed E-state index contributed by atoms with van der Waals surface area (Å²) in [5, 5.41) is 8.66. The normalized spacial score (nSPS) is 7.56. The molecule has 0 atom stereocenters. The minimum Gasteiger partial charge on any atom is -0.370 e. The Bertz CT molecular complexity index is 146. The average molecular weight is 129 g/mol. The van der Waals surface area contributed by atoms with Gasteiger partial charge in [0, 0.05) is 0 Å². The number of carbonyl (C=O) groups excluding carboxylic acids is 1. The van der Waals surface area contributed by atoms with Crippen LogP contribution in [0.2, 0.25) is 0 Å². The first-order chi connectivity index (χ1) is 4.16. The smallest absolute Gasteiger partial charge is 0.224 e. The molecule has 0 rings (SSSR count). The molecule has 50 valence electrons. The molecule has 0 aromatic heterocycles. The van der Waals surface area contributed by atoms with E-state index in [0.717, 1.165) is 0 Å². The molecule has 6 heteroatoms. The molecule has 0 fully saturated rings. The molecule has 0 spiro atoms. The summed E-state index contributed by atoms with van der Waals surface area (Å²) in [4.78, 5) is 12.8. The first-order valence-electron chi connectivity index (χ1n) is 2.05. The fraction of sp³-hybridized carbons (Fsp3) is 0. The highest BCUT2D eigenvalue weighted by Crippen LogP contribution is 1.63. The van der Waals surface area contributed by atoms with Gasteiger partial charge in [0.25, 0.3) is 0 Å². The van der Waals surface area contributed by atoms with Crippen molar-refractivity contribution in [2.45, 2.75) is 0 Å². The van der Waals surface area contributed by atoms with E-state index < -0.39 is 0 Å². The maximum absolute atomic E-state index is 9.59. The number of carbonyl (C=O) groups is 1. The minimum atomic E-state index is -0.370. The van der Waals surface area contributed by atoms with E-state index in [1.165, 1.54) is 0 Å². The van der Waals surface area contributed by atoms with Crippen molar-refractivity contribution in [3.63, 3.8) is 0 Å². The van der Waals surface area contributed by atoms with Crippen LogP contribution in [0.15, 0.2) is 4.99 Å². The van der Waals surface area contributed by atoms with Gasteiger partial charge in [0.1, 0.15) is 0 Å². The highest BCUT2D eigenvalue weighted by Gasteiger charge is 1.87. The zero-order valence-corrected chi connectivity index (χ0v) is 4.59. The quantitative estimate of drug-likeness (QED) is 0.185. The zero-order chi connectivity index (χ0) is 7.28. The second-order valence-corrected chi connectivity index (χ2v) is 1.15. The summed E-state index contributed by atoms with van der Waals surface area (Å²) in [6, 6.07) is 0. The number of hydrogen-bond acceptors (Lipinski definition) is 2. The predicted octanol–water partition coefficient (Wildman–Crippen LogP) is -2.06. The molecular formula is C3H7N5O. The van der Waals surface area contributed by atoms with Gasteiger partial charge in [-0.25, -0.2) is 0 Å². The standard InChI is InChI=1S/C3H7N5O/c4-2(5)8-3(6)7-1-9/h1H,(H6,4,5,6,7,8,9). The monoisotopic (exact) mass is 129 g/mol. The molecule has 0 aromatic carbocycles. The van der Waals surface area contributed by atoms with E-state index in [2.05, 4.69) is 4.99 Å². The molecule has 1 amide bonds. The summed E-state index contributed by atoms with van der Waals surface area (Å²) in [7, 11) is 0. The van der Waals surface area contributed by atoms with Gasteiger partial charge in [-0.3, -0.25) is 15.5 Å². The molecule has 0 heterocycles. The number of aliphatic imine (C=N–C) groups is 1. The molecular weight excluding hydrogens is 122 g/mol. The molecule has 0 radical (unpaired) electrons. The fourth-order valence-electron chi connectivity index (χ4n) is 0.217. The van der Waals surface area contributed by atoms with Crippen LogP contribution in [-0.4, -0.2) is 18.3 Å². The number of rotatable bonds is 1. The van der Waals surface area contributed by atoms with Gasteiger partial charge in [-0.05, 0) is 0 Å². The second kappa shape index (κ2) is 3.42. The first kappa shape index (κ1) is 7.41. The van der Waals surface area contributed by atoms with Gasteiger partial charge in [-0.15, -0.1) is 0 Å². The average Bonchev–Trinajstić information content (AvgIpc) is 1.63. The van der Waals surface area contributed by atoms with Crippen molar-refractivity contribution < 1.29 is 4.79 Å². The lowest BCUT2D eigenvalue weighted by Crippen LogP contribution is -2.28. The van der Waals surface area contributed by atoms with Crippen molar-refractivity contribution in [1.82, 2.24) is 5.32 Å². The van der Waals surface area contributed by atoms with Crippen molar-refractivity contribution in [1.29, 1.82) is 5.41 Å². The van der Waals surface area contributed by atoms with Crippen LogP contribution in [0.1, 0.15) is 0 Å². The van der Waals surface area contributed by atoms with E-state index in [1.807, 2.05) is 5.32 Å². The lowest BCUT2D eigenvalue weighted by atomic mass is 10.9. The van der Waals surface area contributed by atoms with Crippen LogP contribution in [0.3, 0.4) is 0 Å². The Hall–Kier alpha value is -1.59. The van der Waals surface area contributed by atoms with Gasteiger partial charge in [0.15, 0.2) is 5.96 Å². The van der Waals surface area contributed by atoms with Gasteiger partial charge >= 0.3 is 0 Å². The van der Waals surface area contributed by atoms with E-state index >= 15 is 0 Å². The lowest BCUT2D eigenvalue weighted by molar-refractivity contribution is -0.108. The molecule has 0 aliphatic rings. The molecule has 6 nitrogen and oxygen atoms in total. The number of hydrogen-bond donors (Lipinski definition) is 4. The maximum Gasteiger partial charge on any atom is 0.224 e. The lowest BCUT2D eigenvalue weighted by Gasteiger charge is -1.91. The Balaban J connectivity index is 3.76. The van der Waals surface area contributed by atoms with Gasteiger partial charge < -0.3 is 11.5 Å². The summed E-state index contributed by atoms with van der Waals surface area (Å²) >= 11 is 0. The van der Waals surface area contributed by atoms with Crippen LogP contribution in [0.4, 0.5) is 0 Å². The van der Waals surface area contributed by atoms with E-state index in [9.17, 15) is 4.79 Å². The largest absolute Gasteiger partial charge is 0.370 e. The van der Waals surface area contributed by atoms with Gasteiger partial charge in [0.2, 0.25) is 12.4 Å². The molecule has 0 aromatic rings. The SMILES string of the molecule is N=C(N=C(N)N)NC=O. The fourth-order valence-corrected chi connectivity index (χ4v) is 0.217. The van der Waals surface area contributed by atoms with Gasteiger partial charge in [0.05, 0.1) is 0 Å². The summed E-state index contributed by atoms with van der Waals surface area (Å²) < 4.78 is 0. The molecule has 0 saturated carbocycles. The minimum absolute atomic E-state index is 0.255. The molecule has 0 aliphatic heterocycles. The third-order valence-electron chi connectivity index (χ3n) is 0.437. The predicted molar refractivity (Wildman–Crippen MR) is 32.7 cm³/mol. The van der Waals surface area contributed by atoms with Crippen molar-refractivity contribution in [3.05, 3.63) is 0 Å². The molecule has 0 bridgehead atoms. The zero-order valence-electron chi connectivity index (χ0n) is 4.59. The van der Waals surface area contributed by atoms with Crippen LogP contribution >= 0.6 is 0 Å². The van der Waals surface area contributed by atoms with Gasteiger partial charge in [-0.2, -0.15) is 4.99 Å². The summed E-state index contributed by atoms with van der Waals surface area (Å²) in [5.41, 5.74) is 9.71. The van der Waals surface area contributed by atoms with Crippen molar-refractivity contribution in [2.24, 2.45) is 16.5 Å². The maximum atomic E-state index is 9.59. The Kier molecular flexibility index (Phi) is 2.81. The molecule has 0 aliphatic carbocycles. The Morgan fingerprint density at radius 1 is 1.67 bits per heavy atom. The van der Waals surface area contributed by atoms with Crippen LogP contribution < -0.4 is 16.8 Å². The number of nitrogens with one attached hydrogen (secondary N) is 2. The number of guanidine groups is 2. The third-order valence-corrected chi connectivity index (χ3v) is 0.437.